The number of rotatable bonds is 9. The Bertz CT molecular complexity index is 1380. The van der Waals surface area contributed by atoms with Gasteiger partial charge < -0.3 is 25.0 Å². The maximum absolute atomic E-state index is 13.0. The lowest BCUT2D eigenvalue weighted by molar-refractivity contribution is 0.0147. The van der Waals surface area contributed by atoms with Crippen molar-refractivity contribution in [1.82, 2.24) is 4.90 Å². The SMILES string of the molecule is CC(C)(C)OC(=O)N(CCc1ccc(S(=O)(=O)c2ccc(O)c(C(=O)O)c2)cc1)C[C@@H](O)c1ccccc1. The molecule has 0 unspecified atom stereocenters. The molecule has 3 N–H and O–H groups in total. The summed E-state index contributed by atoms with van der Waals surface area (Å²) in [5.41, 5.74) is 0.166. The minimum absolute atomic E-state index is 0.0121. The first-order valence-electron chi connectivity index (χ1n) is 11.9. The van der Waals surface area contributed by atoms with Gasteiger partial charge in [0, 0.05) is 6.54 Å². The molecule has 38 heavy (non-hydrogen) atoms. The second-order valence-corrected chi connectivity index (χ2v) is 11.7. The fraction of sp³-hybridized carbons (Fsp3) is 0.286. The van der Waals surface area contributed by atoms with E-state index in [4.69, 9.17) is 4.74 Å². The van der Waals surface area contributed by atoms with Crippen LogP contribution in [0.25, 0.3) is 0 Å². The minimum atomic E-state index is -4.03. The largest absolute Gasteiger partial charge is 0.507 e. The summed E-state index contributed by atoms with van der Waals surface area (Å²) < 4.78 is 31.5. The lowest BCUT2D eigenvalue weighted by Crippen LogP contribution is -2.40. The number of aromatic hydroxyl groups is 1. The van der Waals surface area contributed by atoms with E-state index >= 15 is 0 Å². The number of aromatic carboxylic acids is 1. The molecule has 202 valence electrons. The first-order valence-corrected chi connectivity index (χ1v) is 13.4. The van der Waals surface area contributed by atoms with Crippen LogP contribution in [0.1, 0.15) is 48.4 Å². The number of carbonyl (C=O) groups excluding carboxylic acids is 1. The number of carboxylic acids is 1. The van der Waals surface area contributed by atoms with Gasteiger partial charge in [-0.2, -0.15) is 0 Å². The summed E-state index contributed by atoms with van der Waals surface area (Å²) in [5, 5.41) is 29.5. The number of hydrogen-bond donors (Lipinski definition) is 3. The standard InChI is InChI=1S/C28H31NO8S/c1-28(2,3)37-27(34)29(18-25(31)20-7-5-4-6-8-20)16-15-19-9-11-21(12-10-19)38(35,36)22-13-14-24(30)23(17-22)26(32)33/h4-14,17,25,30-31H,15-16,18H2,1-3H3,(H,32,33)/t25-/m1/s1. The third-order valence-corrected chi connectivity index (χ3v) is 7.41. The number of phenols is 1. The van der Waals surface area contributed by atoms with E-state index in [9.17, 15) is 33.3 Å². The van der Waals surface area contributed by atoms with Crippen molar-refractivity contribution in [3.8, 4) is 5.75 Å². The molecular weight excluding hydrogens is 510 g/mol. The van der Waals surface area contributed by atoms with E-state index in [1.54, 1.807) is 57.2 Å². The van der Waals surface area contributed by atoms with Gasteiger partial charge in [0.15, 0.2) is 0 Å². The molecule has 0 heterocycles. The molecule has 0 aromatic heterocycles. The second-order valence-electron chi connectivity index (χ2n) is 9.73. The molecular formula is C28H31NO8S. The molecule has 0 saturated carbocycles. The fourth-order valence-electron chi connectivity index (χ4n) is 3.66. The fourth-order valence-corrected chi connectivity index (χ4v) is 4.95. The lowest BCUT2D eigenvalue weighted by atomic mass is 10.1. The summed E-state index contributed by atoms with van der Waals surface area (Å²) in [7, 11) is -4.03. The van der Waals surface area contributed by atoms with Crippen molar-refractivity contribution in [2.24, 2.45) is 0 Å². The highest BCUT2D eigenvalue weighted by molar-refractivity contribution is 7.91. The van der Waals surface area contributed by atoms with Gasteiger partial charge in [-0.1, -0.05) is 42.5 Å². The Morgan fingerprint density at radius 1 is 0.947 bits per heavy atom. The normalized spacial score (nSPS) is 12.5. The van der Waals surface area contributed by atoms with E-state index in [1.807, 2.05) is 6.07 Å². The maximum Gasteiger partial charge on any atom is 0.410 e. The summed E-state index contributed by atoms with van der Waals surface area (Å²) in [6.07, 6.45) is -1.13. The van der Waals surface area contributed by atoms with Crippen LogP contribution >= 0.6 is 0 Å². The van der Waals surface area contributed by atoms with Crippen LogP contribution in [-0.2, 0) is 21.0 Å². The molecule has 0 spiro atoms. The number of carboxylic acid groups (broad SMARTS) is 1. The molecule has 0 radical (unpaired) electrons. The molecule has 0 fully saturated rings. The Kier molecular flexibility index (Phi) is 8.80. The third-order valence-electron chi connectivity index (χ3n) is 5.64. The van der Waals surface area contributed by atoms with Gasteiger partial charge in [-0.3, -0.25) is 0 Å². The van der Waals surface area contributed by atoms with E-state index in [0.29, 0.717) is 12.0 Å². The molecule has 3 aromatic rings. The van der Waals surface area contributed by atoms with Crippen LogP contribution in [0.5, 0.6) is 5.75 Å². The summed E-state index contributed by atoms with van der Waals surface area (Å²) in [4.78, 5) is 25.2. The first-order chi connectivity index (χ1) is 17.8. The zero-order valence-corrected chi connectivity index (χ0v) is 22.2. The number of amides is 1. The van der Waals surface area contributed by atoms with Gasteiger partial charge in [0.2, 0.25) is 9.84 Å². The molecule has 0 aliphatic rings. The lowest BCUT2D eigenvalue weighted by Gasteiger charge is -2.29. The highest BCUT2D eigenvalue weighted by Gasteiger charge is 2.25. The van der Waals surface area contributed by atoms with Gasteiger partial charge in [-0.15, -0.1) is 0 Å². The molecule has 0 bridgehead atoms. The molecule has 1 amide bonds. The van der Waals surface area contributed by atoms with Crippen molar-refractivity contribution in [3.05, 3.63) is 89.5 Å². The molecule has 0 aliphatic carbocycles. The number of hydrogen-bond acceptors (Lipinski definition) is 7. The van der Waals surface area contributed by atoms with Crippen molar-refractivity contribution in [2.75, 3.05) is 13.1 Å². The molecule has 0 aliphatic heterocycles. The van der Waals surface area contributed by atoms with Crippen molar-refractivity contribution >= 4 is 21.9 Å². The molecule has 3 aromatic carbocycles. The molecule has 0 saturated heterocycles. The van der Waals surface area contributed by atoms with Gasteiger partial charge in [0.1, 0.15) is 16.9 Å². The number of ether oxygens (including phenoxy) is 1. The molecule has 3 rings (SSSR count). The zero-order valence-electron chi connectivity index (χ0n) is 21.4. The number of aliphatic hydroxyl groups is 1. The Morgan fingerprint density at radius 3 is 2.13 bits per heavy atom. The third kappa shape index (κ3) is 7.33. The predicted octanol–water partition coefficient (Wildman–Crippen LogP) is 4.44. The Balaban J connectivity index is 1.76. The average molecular weight is 542 g/mol. The van der Waals surface area contributed by atoms with Crippen LogP contribution < -0.4 is 0 Å². The maximum atomic E-state index is 13.0. The number of carbonyl (C=O) groups is 2. The second kappa shape index (κ2) is 11.7. The molecule has 1 atom stereocenters. The quantitative estimate of drug-likeness (QED) is 0.361. The minimum Gasteiger partial charge on any atom is -0.507 e. The van der Waals surface area contributed by atoms with E-state index in [0.717, 1.165) is 23.8 Å². The van der Waals surface area contributed by atoms with E-state index in [-0.39, 0.29) is 22.9 Å². The van der Waals surface area contributed by atoms with Crippen LogP contribution in [0.3, 0.4) is 0 Å². The van der Waals surface area contributed by atoms with Gasteiger partial charge >= 0.3 is 12.1 Å². The number of aliphatic hydroxyl groups excluding tert-OH is 1. The first kappa shape index (κ1) is 28.7. The van der Waals surface area contributed by atoms with E-state index < -0.39 is 44.9 Å². The molecule has 10 heteroatoms. The van der Waals surface area contributed by atoms with Crippen LogP contribution in [0.4, 0.5) is 4.79 Å². The highest BCUT2D eigenvalue weighted by atomic mass is 32.2. The summed E-state index contributed by atoms with van der Waals surface area (Å²) in [6, 6.07) is 18.0. The molecule has 9 nitrogen and oxygen atoms in total. The highest BCUT2D eigenvalue weighted by Crippen LogP contribution is 2.26. The van der Waals surface area contributed by atoms with Gasteiger partial charge in [0.25, 0.3) is 0 Å². The summed E-state index contributed by atoms with van der Waals surface area (Å²) in [5.74, 6) is -1.97. The van der Waals surface area contributed by atoms with Crippen LogP contribution in [0, 0.1) is 0 Å². The Hall–Kier alpha value is -3.89. The zero-order chi connectivity index (χ0) is 28.1. The van der Waals surface area contributed by atoms with E-state index in [2.05, 4.69) is 0 Å². The van der Waals surface area contributed by atoms with Crippen molar-refractivity contribution in [2.45, 2.75) is 48.7 Å². The van der Waals surface area contributed by atoms with Crippen LogP contribution in [0.15, 0.2) is 82.6 Å². The van der Waals surface area contributed by atoms with Gasteiger partial charge in [0.05, 0.1) is 22.4 Å². The van der Waals surface area contributed by atoms with Crippen molar-refractivity contribution < 1.29 is 38.1 Å². The summed E-state index contributed by atoms with van der Waals surface area (Å²) in [6.45, 7) is 5.49. The average Bonchev–Trinajstić information content (AvgIpc) is 2.86. The van der Waals surface area contributed by atoms with Crippen molar-refractivity contribution in [3.63, 3.8) is 0 Å². The Morgan fingerprint density at radius 2 is 1.55 bits per heavy atom. The monoisotopic (exact) mass is 541 g/mol. The van der Waals surface area contributed by atoms with Crippen molar-refractivity contribution in [1.29, 1.82) is 0 Å². The predicted molar refractivity (Wildman–Crippen MR) is 140 cm³/mol. The summed E-state index contributed by atoms with van der Waals surface area (Å²) >= 11 is 0. The van der Waals surface area contributed by atoms with Crippen LogP contribution in [0.2, 0.25) is 0 Å². The number of benzene rings is 3. The number of nitrogens with zero attached hydrogens (tertiary/aromatic N) is 1. The van der Waals surface area contributed by atoms with Gasteiger partial charge in [-0.25, -0.2) is 18.0 Å². The van der Waals surface area contributed by atoms with Gasteiger partial charge in [-0.05, 0) is 68.7 Å². The Labute approximate surface area is 221 Å². The van der Waals surface area contributed by atoms with Crippen LogP contribution in [-0.4, -0.2) is 59.4 Å². The smallest absolute Gasteiger partial charge is 0.410 e. The number of sulfone groups is 1. The van der Waals surface area contributed by atoms with E-state index in [1.165, 1.54) is 17.0 Å². The topological polar surface area (TPSA) is 141 Å².